The monoisotopic (exact) mass is 378 g/mol. The van der Waals surface area contributed by atoms with Gasteiger partial charge >= 0.3 is 0 Å². The second-order valence-corrected chi connectivity index (χ2v) is 7.56. The van der Waals surface area contributed by atoms with E-state index in [1.807, 2.05) is 29.2 Å². The van der Waals surface area contributed by atoms with Gasteiger partial charge in [-0.15, -0.1) is 0 Å². The van der Waals surface area contributed by atoms with Crippen molar-refractivity contribution >= 4 is 17.4 Å². The zero-order valence-corrected chi connectivity index (χ0v) is 17.2. The van der Waals surface area contributed by atoms with Crippen molar-refractivity contribution in [1.29, 1.82) is 0 Å². The quantitative estimate of drug-likeness (QED) is 0.708. The summed E-state index contributed by atoms with van der Waals surface area (Å²) < 4.78 is 0. The van der Waals surface area contributed by atoms with Crippen LogP contribution in [0.25, 0.3) is 0 Å². The molecule has 0 unspecified atom stereocenters. The smallest absolute Gasteiger partial charge is 0.223 e. The summed E-state index contributed by atoms with van der Waals surface area (Å²) >= 11 is 0. The number of rotatable bonds is 6. The highest BCUT2D eigenvalue weighted by molar-refractivity contribution is 5.98. The Hall–Kier alpha value is -2.62. The number of amides is 1. The van der Waals surface area contributed by atoms with E-state index in [-0.39, 0.29) is 24.5 Å². The molecule has 0 atom stereocenters. The summed E-state index contributed by atoms with van der Waals surface area (Å²) in [5.74, 6) is 0.129. The molecule has 1 aliphatic rings. The van der Waals surface area contributed by atoms with Crippen molar-refractivity contribution in [2.75, 3.05) is 31.1 Å². The third kappa shape index (κ3) is 4.61. The fraction of sp³-hybridized carbons (Fsp3) is 0.417. The van der Waals surface area contributed by atoms with Crippen molar-refractivity contribution in [2.24, 2.45) is 0 Å². The number of ketones is 1. The van der Waals surface area contributed by atoms with Crippen molar-refractivity contribution < 1.29 is 9.59 Å². The lowest BCUT2D eigenvalue weighted by Crippen LogP contribution is -2.49. The topological polar surface area (TPSA) is 40.6 Å². The fourth-order valence-electron chi connectivity index (χ4n) is 3.72. The van der Waals surface area contributed by atoms with Crippen molar-refractivity contribution in [1.82, 2.24) is 4.90 Å². The minimum atomic E-state index is 0.0463. The van der Waals surface area contributed by atoms with Gasteiger partial charge in [0, 0.05) is 50.3 Å². The molecule has 0 bridgehead atoms. The Morgan fingerprint density at radius 2 is 1.57 bits per heavy atom. The number of benzene rings is 2. The highest BCUT2D eigenvalue weighted by atomic mass is 16.2. The van der Waals surface area contributed by atoms with Gasteiger partial charge < -0.3 is 9.80 Å². The number of hydrogen-bond acceptors (Lipinski definition) is 3. The number of aryl methyl sites for hydroxylation is 2. The molecule has 0 aliphatic carbocycles. The minimum Gasteiger partial charge on any atom is -0.368 e. The minimum absolute atomic E-state index is 0.0463. The maximum absolute atomic E-state index is 12.6. The predicted octanol–water partition coefficient (Wildman–Crippen LogP) is 4.18. The van der Waals surface area contributed by atoms with Crippen molar-refractivity contribution in [2.45, 2.75) is 40.0 Å². The van der Waals surface area contributed by atoms with Gasteiger partial charge in [-0.25, -0.2) is 0 Å². The van der Waals surface area contributed by atoms with Gasteiger partial charge in [-0.1, -0.05) is 43.3 Å². The average Bonchev–Trinajstić information content (AvgIpc) is 2.74. The molecule has 1 saturated heterocycles. The van der Waals surface area contributed by atoms with Crippen LogP contribution in [0.3, 0.4) is 0 Å². The molecule has 1 heterocycles. The molecule has 148 valence electrons. The maximum Gasteiger partial charge on any atom is 0.223 e. The first kappa shape index (κ1) is 20.1. The molecule has 0 saturated carbocycles. The normalized spacial score (nSPS) is 14.2. The van der Waals surface area contributed by atoms with Gasteiger partial charge in [0.05, 0.1) is 0 Å². The van der Waals surface area contributed by atoms with Crippen LogP contribution in [0.4, 0.5) is 5.69 Å². The Morgan fingerprint density at radius 1 is 0.893 bits per heavy atom. The molecule has 2 aromatic carbocycles. The molecular formula is C24H30N2O2. The number of hydrogen-bond donors (Lipinski definition) is 0. The Bertz CT molecular complexity index is 834. The molecule has 0 aromatic heterocycles. The lowest BCUT2D eigenvalue weighted by Gasteiger charge is -2.37. The molecule has 4 heteroatoms. The number of piperazine rings is 1. The summed E-state index contributed by atoms with van der Waals surface area (Å²) in [7, 11) is 0. The van der Waals surface area contributed by atoms with E-state index in [0.29, 0.717) is 18.7 Å². The third-order valence-corrected chi connectivity index (χ3v) is 5.80. The summed E-state index contributed by atoms with van der Waals surface area (Å²) in [4.78, 5) is 29.2. The van der Waals surface area contributed by atoms with Gasteiger partial charge in [-0.2, -0.15) is 0 Å². The lowest BCUT2D eigenvalue weighted by molar-refractivity contribution is -0.131. The molecule has 1 amide bonds. The Kier molecular flexibility index (Phi) is 6.50. The predicted molar refractivity (Wildman–Crippen MR) is 114 cm³/mol. The lowest BCUT2D eigenvalue weighted by atomic mass is 10.0. The van der Waals surface area contributed by atoms with Gasteiger partial charge in [0.1, 0.15) is 0 Å². The molecule has 0 radical (unpaired) electrons. The first-order valence-corrected chi connectivity index (χ1v) is 10.2. The zero-order chi connectivity index (χ0) is 20.1. The van der Waals surface area contributed by atoms with Gasteiger partial charge in [0.15, 0.2) is 5.78 Å². The maximum atomic E-state index is 12.6. The largest absolute Gasteiger partial charge is 0.368 e. The van der Waals surface area contributed by atoms with Crippen LogP contribution in [-0.4, -0.2) is 42.8 Å². The van der Waals surface area contributed by atoms with E-state index in [9.17, 15) is 9.59 Å². The Balaban J connectivity index is 1.49. The molecule has 3 rings (SSSR count). The van der Waals surface area contributed by atoms with Gasteiger partial charge in [0.25, 0.3) is 0 Å². The van der Waals surface area contributed by atoms with Crippen LogP contribution in [0.15, 0.2) is 42.5 Å². The summed E-state index contributed by atoms with van der Waals surface area (Å²) in [6, 6.07) is 14.1. The van der Waals surface area contributed by atoms with E-state index in [0.717, 1.165) is 19.5 Å². The number of Topliss-reactive ketones (excluding diaryl/α,β-unsaturated/α-hetero) is 1. The highest BCUT2D eigenvalue weighted by Gasteiger charge is 2.22. The summed E-state index contributed by atoms with van der Waals surface area (Å²) in [5, 5.41) is 0. The second-order valence-electron chi connectivity index (χ2n) is 7.56. The van der Waals surface area contributed by atoms with Gasteiger partial charge in [0.2, 0.25) is 5.91 Å². The Labute approximate surface area is 168 Å². The standard InChI is InChI=1S/C24H30N2O2/c1-4-20-8-10-21(11-9-20)23(27)12-13-24(28)26-16-14-25(15-17-26)22-7-5-6-18(2)19(22)3/h5-11H,4,12-17H2,1-3H3. The van der Waals surface area contributed by atoms with Crippen LogP contribution in [-0.2, 0) is 11.2 Å². The number of nitrogens with zero attached hydrogens (tertiary/aromatic N) is 2. The summed E-state index contributed by atoms with van der Waals surface area (Å²) in [6.07, 6.45) is 1.53. The molecule has 4 nitrogen and oxygen atoms in total. The SMILES string of the molecule is CCc1ccc(C(=O)CCC(=O)N2CCN(c3cccc(C)c3C)CC2)cc1. The van der Waals surface area contributed by atoms with Crippen LogP contribution >= 0.6 is 0 Å². The summed E-state index contributed by atoms with van der Waals surface area (Å²) in [6.45, 7) is 9.48. The van der Waals surface area contributed by atoms with E-state index >= 15 is 0 Å². The van der Waals surface area contributed by atoms with Crippen LogP contribution in [0.5, 0.6) is 0 Å². The molecule has 28 heavy (non-hydrogen) atoms. The molecular weight excluding hydrogens is 348 g/mol. The van der Waals surface area contributed by atoms with Crippen LogP contribution in [0, 0.1) is 13.8 Å². The molecule has 0 spiro atoms. The zero-order valence-electron chi connectivity index (χ0n) is 17.2. The van der Waals surface area contributed by atoms with Crippen LogP contribution < -0.4 is 4.90 Å². The second kappa shape index (κ2) is 9.05. The van der Waals surface area contributed by atoms with Crippen molar-refractivity contribution in [3.63, 3.8) is 0 Å². The number of carbonyl (C=O) groups excluding carboxylic acids is 2. The van der Waals surface area contributed by atoms with Crippen molar-refractivity contribution in [3.8, 4) is 0 Å². The van der Waals surface area contributed by atoms with E-state index in [1.165, 1.54) is 22.4 Å². The van der Waals surface area contributed by atoms with Gasteiger partial charge in [-0.05, 0) is 43.0 Å². The first-order valence-electron chi connectivity index (χ1n) is 10.2. The van der Waals surface area contributed by atoms with E-state index in [1.54, 1.807) is 0 Å². The number of carbonyl (C=O) groups is 2. The third-order valence-electron chi connectivity index (χ3n) is 5.80. The fourth-order valence-corrected chi connectivity index (χ4v) is 3.72. The van der Waals surface area contributed by atoms with Crippen LogP contribution in [0.2, 0.25) is 0 Å². The van der Waals surface area contributed by atoms with E-state index in [4.69, 9.17) is 0 Å². The number of anilines is 1. The molecule has 0 N–H and O–H groups in total. The highest BCUT2D eigenvalue weighted by Crippen LogP contribution is 2.24. The van der Waals surface area contributed by atoms with Gasteiger partial charge in [-0.3, -0.25) is 9.59 Å². The average molecular weight is 379 g/mol. The summed E-state index contributed by atoms with van der Waals surface area (Å²) in [5.41, 5.74) is 5.78. The van der Waals surface area contributed by atoms with Crippen molar-refractivity contribution in [3.05, 3.63) is 64.7 Å². The Morgan fingerprint density at radius 3 is 2.21 bits per heavy atom. The first-order chi connectivity index (χ1) is 13.5. The molecule has 1 aliphatic heterocycles. The molecule has 1 fully saturated rings. The molecule has 2 aromatic rings. The van der Waals surface area contributed by atoms with E-state index in [2.05, 4.69) is 43.9 Å². The van der Waals surface area contributed by atoms with E-state index < -0.39 is 0 Å². The van der Waals surface area contributed by atoms with Crippen LogP contribution in [0.1, 0.15) is 46.8 Å².